The first-order valence-corrected chi connectivity index (χ1v) is 7.59. The van der Waals surface area contributed by atoms with Gasteiger partial charge in [0.2, 0.25) is 5.91 Å². The van der Waals surface area contributed by atoms with E-state index in [0.29, 0.717) is 6.42 Å². The Bertz CT molecular complexity index is 481. The number of rotatable bonds is 4. The highest BCUT2D eigenvalue weighted by Crippen LogP contribution is 2.25. The van der Waals surface area contributed by atoms with Crippen molar-refractivity contribution in [3.8, 4) is 0 Å². The molecule has 4 nitrogen and oxygen atoms in total. The average Bonchev–Trinajstić information content (AvgIpc) is 2.98. The molecule has 0 spiro atoms. The smallest absolute Gasteiger partial charge is 0.224 e. The minimum absolute atomic E-state index is 0.0872. The first-order chi connectivity index (χ1) is 9.81. The highest BCUT2D eigenvalue weighted by atomic mass is 16.5. The predicted octanol–water partition coefficient (Wildman–Crippen LogP) is 2.94. The summed E-state index contributed by atoms with van der Waals surface area (Å²) in [6.45, 7) is 1.89. The molecule has 1 saturated heterocycles. The standard InChI is InChI=1S/C16H22N2O2/c19-16(8-6-14-4-2-10-20-14)18-13-5-7-15-12(11-13)3-1-9-17-15/h5,7,11,14,17H,1-4,6,8-10H2,(H,18,19). The Labute approximate surface area is 119 Å². The van der Waals surface area contributed by atoms with Gasteiger partial charge in [0.1, 0.15) is 0 Å². The minimum atomic E-state index is 0.0872. The summed E-state index contributed by atoms with van der Waals surface area (Å²) in [4.78, 5) is 12.0. The van der Waals surface area contributed by atoms with Crippen LogP contribution in [0.5, 0.6) is 0 Å². The van der Waals surface area contributed by atoms with E-state index in [2.05, 4.69) is 22.8 Å². The van der Waals surface area contributed by atoms with Crippen molar-refractivity contribution in [2.75, 3.05) is 23.8 Å². The Kier molecular flexibility index (Phi) is 4.21. The van der Waals surface area contributed by atoms with Gasteiger partial charge in [-0.2, -0.15) is 0 Å². The molecule has 1 aromatic rings. The van der Waals surface area contributed by atoms with Gasteiger partial charge in [-0.3, -0.25) is 4.79 Å². The number of carbonyl (C=O) groups is 1. The molecule has 1 aromatic carbocycles. The van der Waals surface area contributed by atoms with Gasteiger partial charge in [0.25, 0.3) is 0 Å². The molecular formula is C16H22N2O2. The summed E-state index contributed by atoms with van der Waals surface area (Å²) in [6.07, 6.45) is 6.12. The summed E-state index contributed by atoms with van der Waals surface area (Å²) in [7, 11) is 0. The molecule has 0 bridgehead atoms. The topological polar surface area (TPSA) is 50.4 Å². The molecular weight excluding hydrogens is 252 g/mol. The molecule has 3 rings (SSSR count). The fourth-order valence-corrected chi connectivity index (χ4v) is 2.94. The molecule has 2 aliphatic heterocycles. The van der Waals surface area contributed by atoms with Gasteiger partial charge in [0, 0.05) is 30.9 Å². The Balaban J connectivity index is 1.52. The minimum Gasteiger partial charge on any atom is -0.385 e. The molecule has 2 N–H and O–H groups in total. The molecule has 2 heterocycles. The molecule has 1 amide bonds. The highest BCUT2D eigenvalue weighted by Gasteiger charge is 2.17. The lowest BCUT2D eigenvalue weighted by molar-refractivity contribution is -0.116. The zero-order chi connectivity index (χ0) is 13.8. The number of benzene rings is 1. The molecule has 20 heavy (non-hydrogen) atoms. The van der Waals surface area contributed by atoms with Crippen molar-refractivity contribution in [1.82, 2.24) is 0 Å². The van der Waals surface area contributed by atoms with E-state index in [9.17, 15) is 4.79 Å². The Morgan fingerprint density at radius 1 is 1.40 bits per heavy atom. The summed E-state index contributed by atoms with van der Waals surface area (Å²) >= 11 is 0. The van der Waals surface area contributed by atoms with E-state index in [0.717, 1.165) is 50.9 Å². The van der Waals surface area contributed by atoms with Gasteiger partial charge in [-0.1, -0.05) is 0 Å². The normalized spacial score (nSPS) is 21.1. The van der Waals surface area contributed by atoms with Crippen LogP contribution in [0.25, 0.3) is 0 Å². The Morgan fingerprint density at radius 2 is 2.35 bits per heavy atom. The quantitative estimate of drug-likeness (QED) is 0.887. The largest absolute Gasteiger partial charge is 0.385 e. The van der Waals surface area contributed by atoms with E-state index < -0.39 is 0 Å². The number of anilines is 2. The van der Waals surface area contributed by atoms with Crippen molar-refractivity contribution < 1.29 is 9.53 Å². The van der Waals surface area contributed by atoms with Crippen molar-refractivity contribution in [3.63, 3.8) is 0 Å². The third-order valence-corrected chi connectivity index (χ3v) is 4.04. The van der Waals surface area contributed by atoms with Crippen molar-refractivity contribution in [2.45, 2.75) is 44.6 Å². The lowest BCUT2D eigenvalue weighted by atomic mass is 10.0. The number of nitrogens with one attached hydrogen (secondary N) is 2. The lowest BCUT2D eigenvalue weighted by Crippen LogP contribution is -2.16. The van der Waals surface area contributed by atoms with Crippen LogP contribution in [0.15, 0.2) is 18.2 Å². The monoisotopic (exact) mass is 274 g/mol. The van der Waals surface area contributed by atoms with E-state index in [4.69, 9.17) is 4.74 Å². The van der Waals surface area contributed by atoms with Gasteiger partial charge in [0.15, 0.2) is 0 Å². The molecule has 0 radical (unpaired) electrons. The maximum absolute atomic E-state index is 12.0. The van der Waals surface area contributed by atoms with Crippen LogP contribution in [0.4, 0.5) is 11.4 Å². The molecule has 108 valence electrons. The number of ether oxygens (including phenoxy) is 1. The molecule has 4 heteroatoms. The number of aryl methyl sites for hydroxylation is 1. The first kappa shape index (κ1) is 13.4. The summed E-state index contributed by atoms with van der Waals surface area (Å²) in [5, 5.41) is 6.37. The summed E-state index contributed by atoms with van der Waals surface area (Å²) < 4.78 is 5.54. The van der Waals surface area contributed by atoms with Crippen LogP contribution in [-0.2, 0) is 16.0 Å². The molecule has 1 atom stereocenters. The zero-order valence-corrected chi connectivity index (χ0v) is 11.8. The molecule has 1 fully saturated rings. The molecule has 0 aliphatic carbocycles. The van der Waals surface area contributed by atoms with Gasteiger partial charge in [-0.25, -0.2) is 0 Å². The number of fused-ring (bicyclic) bond motifs is 1. The maximum Gasteiger partial charge on any atom is 0.224 e. The summed E-state index contributed by atoms with van der Waals surface area (Å²) in [6, 6.07) is 6.12. The van der Waals surface area contributed by atoms with E-state index in [-0.39, 0.29) is 12.0 Å². The fraction of sp³-hybridized carbons (Fsp3) is 0.562. The lowest BCUT2D eigenvalue weighted by Gasteiger charge is -2.19. The van der Waals surface area contributed by atoms with Crippen LogP contribution in [0.3, 0.4) is 0 Å². The van der Waals surface area contributed by atoms with Gasteiger partial charge in [-0.15, -0.1) is 0 Å². The van der Waals surface area contributed by atoms with Crippen LogP contribution in [-0.4, -0.2) is 25.2 Å². The number of hydrogen-bond acceptors (Lipinski definition) is 3. The van der Waals surface area contributed by atoms with Crippen LogP contribution < -0.4 is 10.6 Å². The molecule has 0 aromatic heterocycles. The molecule has 1 unspecified atom stereocenters. The van der Waals surface area contributed by atoms with Crippen molar-refractivity contribution in [3.05, 3.63) is 23.8 Å². The van der Waals surface area contributed by atoms with Crippen molar-refractivity contribution in [1.29, 1.82) is 0 Å². The van der Waals surface area contributed by atoms with Crippen LogP contribution in [0.1, 0.15) is 37.7 Å². The number of carbonyl (C=O) groups excluding carboxylic acids is 1. The molecule has 2 aliphatic rings. The molecule has 0 saturated carbocycles. The SMILES string of the molecule is O=C(CCC1CCCO1)Nc1ccc2c(c1)CCCN2. The van der Waals surface area contributed by atoms with Gasteiger partial charge < -0.3 is 15.4 Å². The van der Waals surface area contributed by atoms with Gasteiger partial charge in [-0.05, 0) is 55.9 Å². The zero-order valence-electron chi connectivity index (χ0n) is 11.8. The Morgan fingerprint density at radius 3 is 3.20 bits per heavy atom. The van der Waals surface area contributed by atoms with E-state index in [1.807, 2.05) is 6.07 Å². The second kappa shape index (κ2) is 6.27. The second-order valence-corrected chi connectivity index (χ2v) is 5.62. The average molecular weight is 274 g/mol. The summed E-state index contributed by atoms with van der Waals surface area (Å²) in [5.74, 6) is 0.0872. The third-order valence-electron chi connectivity index (χ3n) is 4.04. The van der Waals surface area contributed by atoms with Crippen LogP contribution in [0.2, 0.25) is 0 Å². The van der Waals surface area contributed by atoms with Crippen LogP contribution >= 0.6 is 0 Å². The number of amides is 1. The number of hydrogen-bond donors (Lipinski definition) is 2. The third kappa shape index (κ3) is 3.31. The first-order valence-electron chi connectivity index (χ1n) is 7.59. The van der Waals surface area contributed by atoms with E-state index >= 15 is 0 Å². The highest BCUT2D eigenvalue weighted by molar-refractivity contribution is 5.91. The van der Waals surface area contributed by atoms with E-state index in [1.165, 1.54) is 11.3 Å². The fourth-order valence-electron chi connectivity index (χ4n) is 2.94. The van der Waals surface area contributed by atoms with E-state index in [1.54, 1.807) is 0 Å². The van der Waals surface area contributed by atoms with Crippen molar-refractivity contribution >= 4 is 17.3 Å². The second-order valence-electron chi connectivity index (χ2n) is 5.62. The van der Waals surface area contributed by atoms with Gasteiger partial charge in [0.05, 0.1) is 6.10 Å². The van der Waals surface area contributed by atoms with Crippen molar-refractivity contribution in [2.24, 2.45) is 0 Å². The summed E-state index contributed by atoms with van der Waals surface area (Å²) in [5.41, 5.74) is 3.41. The predicted molar refractivity (Wildman–Crippen MR) is 80.1 cm³/mol. The van der Waals surface area contributed by atoms with Crippen LogP contribution in [0, 0.1) is 0 Å². The van der Waals surface area contributed by atoms with Gasteiger partial charge >= 0.3 is 0 Å². The maximum atomic E-state index is 12.0. The Hall–Kier alpha value is -1.55.